The van der Waals surface area contributed by atoms with Gasteiger partial charge in [-0.15, -0.1) is 12.4 Å². The first kappa shape index (κ1) is 15.0. The maximum Gasteiger partial charge on any atom is 0.254 e. The molecular weight excluding hydrogens is 252 g/mol. The van der Waals surface area contributed by atoms with Crippen molar-refractivity contribution in [3.05, 3.63) is 29.3 Å². The minimum Gasteiger partial charge on any atom is -0.370 e. The second kappa shape index (κ2) is 6.73. The molecule has 1 unspecified atom stereocenters. The van der Waals surface area contributed by atoms with E-state index < -0.39 is 6.10 Å². The van der Waals surface area contributed by atoms with Crippen molar-refractivity contribution in [1.29, 1.82) is 0 Å². The average molecular weight is 271 g/mol. The summed E-state index contributed by atoms with van der Waals surface area (Å²) >= 11 is 0. The van der Waals surface area contributed by atoms with E-state index in [4.69, 9.17) is 10.5 Å². The molecule has 1 aromatic carbocycles. The van der Waals surface area contributed by atoms with E-state index in [9.17, 15) is 4.79 Å². The average Bonchev–Trinajstić information content (AvgIpc) is 2.77. The van der Waals surface area contributed by atoms with Gasteiger partial charge < -0.3 is 15.8 Å². The van der Waals surface area contributed by atoms with E-state index in [-0.39, 0.29) is 24.9 Å². The number of nitrogens with two attached hydrogens (primary N) is 1. The normalized spacial score (nSPS) is 14.6. The van der Waals surface area contributed by atoms with Crippen molar-refractivity contribution < 1.29 is 9.53 Å². The SMILES string of the molecule is COC(CN)C(=O)Nc1ccc2c(c1)CCC2.Cl. The first-order chi connectivity index (χ1) is 8.24. The van der Waals surface area contributed by atoms with Crippen LogP contribution in [0.1, 0.15) is 17.5 Å². The van der Waals surface area contributed by atoms with Crippen molar-refractivity contribution in [3.8, 4) is 0 Å². The minimum absolute atomic E-state index is 0. The van der Waals surface area contributed by atoms with Gasteiger partial charge in [0.15, 0.2) is 0 Å². The van der Waals surface area contributed by atoms with E-state index >= 15 is 0 Å². The van der Waals surface area contributed by atoms with Crippen LogP contribution >= 0.6 is 12.4 Å². The third-order valence-electron chi connectivity index (χ3n) is 3.16. The number of amides is 1. The molecule has 1 aliphatic carbocycles. The van der Waals surface area contributed by atoms with Gasteiger partial charge in [0.1, 0.15) is 6.10 Å². The van der Waals surface area contributed by atoms with Gasteiger partial charge in [-0.25, -0.2) is 0 Å². The summed E-state index contributed by atoms with van der Waals surface area (Å²) < 4.78 is 4.99. The van der Waals surface area contributed by atoms with Gasteiger partial charge in [0.2, 0.25) is 0 Å². The molecule has 2 rings (SSSR count). The van der Waals surface area contributed by atoms with Gasteiger partial charge in [-0.2, -0.15) is 0 Å². The molecule has 0 aliphatic heterocycles. The summed E-state index contributed by atoms with van der Waals surface area (Å²) in [5.41, 5.74) is 9.00. The smallest absolute Gasteiger partial charge is 0.254 e. The molecule has 1 aliphatic rings. The largest absolute Gasteiger partial charge is 0.370 e. The van der Waals surface area contributed by atoms with Gasteiger partial charge in [-0.1, -0.05) is 6.07 Å². The van der Waals surface area contributed by atoms with Crippen molar-refractivity contribution in [2.24, 2.45) is 5.73 Å². The predicted molar refractivity (Wildman–Crippen MR) is 74.2 cm³/mol. The number of methoxy groups -OCH3 is 1. The highest BCUT2D eigenvalue weighted by molar-refractivity contribution is 5.94. The maximum absolute atomic E-state index is 11.8. The third kappa shape index (κ3) is 3.22. The molecule has 0 radical (unpaired) electrons. The number of aryl methyl sites for hydroxylation is 2. The van der Waals surface area contributed by atoms with Crippen molar-refractivity contribution in [3.63, 3.8) is 0 Å². The predicted octanol–water partition coefficient (Wildman–Crippen LogP) is 1.51. The summed E-state index contributed by atoms with van der Waals surface area (Å²) in [7, 11) is 1.49. The lowest BCUT2D eigenvalue weighted by Gasteiger charge is -2.13. The zero-order valence-corrected chi connectivity index (χ0v) is 11.3. The first-order valence-corrected chi connectivity index (χ1v) is 5.90. The molecular formula is C13H19ClN2O2. The number of benzene rings is 1. The van der Waals surface area contributed by atoms with Gasteiger partial charge in [0.05, 0.1) is 0 Å². The Morgan fingerprint density at radius 2 is 2.17 bits per heavy atom. The topological polar surface area (TPSA) is 64.3 Å². The van der Waals surface area contributed by atoms with Gasteiger partial charge >= 0.3 is 0 Å². The number of rotatable bonds is 4. The zero-order chi connectivity index (χ0) is 12.3. The van der Waals surface area contributed by atoms with Crippen LogP contribution in [0.25, 0.3) is 0 Å². The molecule has 0 bridgehead atoms. The Balaban J connectivity index is 0.00000162. The molecule has 0 fully saturated rings. The molecule has 0 saturated heterocycles. The highest BCUT2D eigenvalue weighted by Crippen LogP contribution is 2.24. The maximum atomic E-state index is 11.8. The van der Waals surface area contributed by atoms with Gasteiger partial charge in [0, 0.05) is 19.3 Å². The number of fused-ring (bicyclic) bond motifs is 1. The fourth-order valence-corrected chi connectivity index (χ4v) is 2.18. The Labute approximate surface area is 113 Å². The summed E-state index contributed by atoms with van der Waals surface area (Å²) in [6.45, 7) is 0.188. The van der Waals surface area contributed by atoms with Crippen LogP contribution in [0.4, 0.5) is 5.69 Å². The lowest BCUT2D eigenvalue weighted by molar-refractivity contribution is -0.125. The second-order valence-corrected chi connectivity index (χ2v) is 4.29. The Hall–Kier alpha value is -1.10. The summed E-state index contributed by atoms with van der Waals surface area (Å²) in [5.74, 6) is -0.187. The molecule has 1 aromatic rings. The minimum atomic E-state index is -0.580. The number of anilines is 1. The Morgan fingerprint density at radius 1 is 1.44 bits per heavy atom. The van der Waals surface area contributed by atoms with E-state index in [1.807, 2.05) is 12.1 Å². The van der Waals surface area contributed by atoms with Crippen LogP contribution in [0.5, 0.6) is 0 Å². The summed E-state index contributed by atoms with van der Waals surface area (Å²) in [6.07, 6.45) is 2.87. The Morgan fingerprint density at radius 3 is 2.83 bits per heavy atom. The molecule has 100 valence electrons. The van der Waals surface area contributed by atoms with Crippen LogP contribution in [-0.2, 0) is 22.4 Å². The lowest BCUT2D eigenvalue weighted by atomic mass is 10.1. The zero-order valence-electron chi connectivity index (χ0n) is 10.4. The molecule has 1 amide bonds. The molecule has 5 heteroatoms. The molecule has 3 N–H and O–H groups in total. The first-order valence-electron chi connectivity index (χ1n) is 5.90. The highest BCUT2D eigenvalue weighted by Gasteiger charge is 2.17. The monoisotopic (exact) mass is 270 g/mol. The number of carbonyl (C=O) groups is 1. The van der Waals surface area contributed by atoms with Crippen LogP contribution in [0, 0.1) is 0 Å². The third-order valence-corrected chi connectivity index (χ3v) is 3.16. The molecule has 4 nitrogen and oxygen atoms in total. The van der Waals surface area contributed by atoms with E-state index in [0.717, 1.165) is 18.5 Å². The van der Waals surface area contributed by atoms with E-state index in [1.54, 1.807) is 0 Å². The standard InChI is InChI=1S/C13H18N2O2.ClH/c1-17-12(8-14)13(16)15-11-6-5-9-3-2-4-10(9)7-11;/h5-7,12H,2-4,8,14H2,1H3,(H,15,16);1H. The lowest BCUT2D eigenvalue weighted by Crippen LogP contribution is -2.35. The van der Waals surface area contributed by atoms with Crippen molar-refractivity contribution in [2.75, 3.05) is 19.0 Å². The second-order valence-electron chi connectivity index (χ2n) is 4.29. The van der Waals surface area contributed by atoms with Crippen LogP contribution in [0.3, 0.4) is 0 Å². The van der Waals surface area contributed by atoms with E-state index in [1.165, 1.54) is 24.7 Å². The number of hydrogen-bond donors (Lipinski definition) is 2. The fourth-order valence-electron chi connectivity index (χ4n) is 2.18. The number of nitrogens with one attached hydrogen (secondary N) is 1. The molecule has 0 spiro atoms. The molecule has 1 atom stereocenters. The summed E-state index contributed by atoms with van der Waals surface area (Å²) in [5, 5.41) is 2.83. The van der Waals surface area contributed by atoms with Crippen LogP contribution in [0.2, 0.25) is 0 Å². The molecule has 0 heterocycles. The van der Waals surface area contributed by atoms with E-state index in [0.29, 0.717) is 0 Å². The fraction of sp³-hybridized carbons (Fsp3) is 0.462. The van der Waals surface area contributed by atoms with Crippen molar-refractivity contribution in [2.45, 2.75) is 25.4 Å². The van der Waals surface area contributed by atoms with Crippen LogP contribution < -0.4 is 11.1 Å². The van der Waals surface area contributed by atoms with Gasteiger partial charge in [-0.05, 0) is 42.5 Å². The summed E-state index contributed by atoms with van der Waals surface area (Å²) in [6, 6.07) is 6.07. The van der Waals surface area contributed by atoms with Crippen LogP contribution in [-0.4, -0.2) is 25.7 Å². The Kier molecular flexibility index (Phi) is 5.59. The Bertz CT molecular complexity index is 419. The summed E-state index contributed by atoms with van der Waals surface area (Å²) in [4.78, 5) is 11.8. The van der Waals surface area contributed by atoms with Crippen LogP contribution in [0.15, 0.2) is 18.2 Å². The quantitative estimate of drug-likeness (QED) is 0.872. The van der Waals surface area contributed by atoms with Gasteiger partial charge in [-0.3, -0.25) is 4.79 Å². The highest BCUT2D eigenvalue weighted by atomic mass is 35.5. The molecule has 0 saturated carbocycles. The number of ether oxygens (including phenoxy) is 1. The number of carbonyl (C=O) groups excluding carboxylic acids is 1. The molecule has 0 aromatic heterocycles. The van der Waals surface area contributed by atoms with Gasteiger partial charge in [0.25, 0.3) is 5.91 Å². The van der Waals surface area contributed by atoms with Crippen molar-refractivity contribution >= 4 is 24.0 Å². The molecule has 18 heavy (non-hydrogen) atoms. The number of hydrogen-bond acceptors (Lipinski definition) is 3. The number of halogens is 1. The van der Waals surface area contributed by atoms with Crippen molar-refractivity contribution in [1.82, 2.24) is 0 Å². The van der Waals surface area contributed by atoms with E-state index in [2.05, 4.69) is 11.4 Å².